The topological polar surface area (TPSA) is 124 Å². The molecule has 1 saturated carbocycles. The number of epoxide rings is 1. The summed E-state index contributed by atoms with van der Waals surface area (Å²) >= 11 is 0. The first-order chi connectivity index (χ1) is 14.6. The maximum Gasteiger partial charge on any atom is 0.135 e. The number of aliphatic hydroxyl groups excluding tert-OH is 2. The van der Waals surface area contributed by atoms with Crippen LogP contribution in [0, 0.1) is 5.41 Å². The average Bonchev–Trinajstić information content (AvgIpc) is 3.51. The van der Waals surface area contributed by atoms with Crippen LogP contribution in [0.15, 0.2) is 0 Å². The molecule has 1 aliphatic carbocycles. The number of nitrogens with one attached hydrogen (secondary N) is 3. The average molecular weight is 445 g/mol. The molecule has 4 atom stereocenters. The van der Waals surface area contributed by atoms with Crippen molar-refractivity contribution < 1.29 is 19.7 Å². The van der Waals surface area contributed by atoms with E-state index in [1.54, 1.807) is 0 Å². The summed E-state index contributed by atoms with van der Waals surface area (Å²) in [7, 11) is 0. The van der Waals surface area contributed by atoms with Gasteiger partial charge in [0.15, 0.2) is 0 Å². The van der Waals surface area contributed by atoms with Crippen LogP contribution in [0.2, 0.25) is 0 Å². The third-order valence-electron chi connectivity index (χ3n) is 6.63. The maximum absolute atomic E-state index is 10.3. The summed E-state index contributed by atoms with van der Waals surface area (Å²) in [4.78, 5) is 0. The third-order valence-corrected chi connectivity index (χ3v) is 6.63. The van der Waals surface area contributed by atoms with Crippen LogP contribution in [-0.4, -0.2) is 72.9 Å². The van der Waals surface area contributed by atoms with Gasteiger partial charge in [0.05, 0.1) is 5.60 Å². The first-order valence-corrected chi connectivity index (χ1v) is 12.2. The van der Waals surface area contributed by atoms with Crippen LogP contribution in [0.25, 0.3) is 0 Å². The van der Waals surface area contributed by atoms with E-state index in [4.69, 9.17) is 15.2 Å². The molecule has 0 aromatic heterocycles. The molecule has 0 radical (unpaired) electrons. The Hall–Kier alpha value is -0.320. The molecule has 184 valence electrons. The number of hydrogen-bond donors (Lipinski definition) is 6. The maximum atomic E-state index is 10.3. The summed E-state index contributed by atoms with van der Waals surface area (Å²) in [5.74, 6) is 0. The highest BCUT2D eigenvalue weighted by Gasteiger charge is 2.49. The molecule has 1 heterocycles. The summed E-state index contributed by atoms with van der Waals surface area (Å²) in [5.41, 5.74) is 5.12. The predicted molar refractivity (Wildman–Crippen MR) is 123 cm³/mol. The van der Waals surface area contributed by atoms with E-state index in [-0.39, 0.29) is 29.9 Å². The molecular weight excluding hydrogens is 396 g/mol. The summed E-state index contributed by atoms with van der Waals surface area (Å²) in [6, 6.07) is 0.431. The highest BCUT2D eigenvalue weighted by atomic mass is 16.6. The minimum absolute atomic E-state index is 0.00413. The summed E-state index contributed by atoms with van der Waals surface area (Å²) in [5, 5.41) is 29.5. The first kappa shape index (κ1) is 26.9. The van der Waals surface area contributed by atoms with E-state index in [2.05, 4.69) is 43.6 Å². The molecule has 0 aromatic rings. The molecule has 2 aliphatic rings. The summed E-state index contributed by atoms with van der Waals surface area (Å²) < 4.78 is 12.0. The molecule has 31 heavy (non-hydrogen) atoms. The second-order valence-corrected chi connectivity index (χ2v) is 10.6. The largest absolute Gasteiger partial charge is 0.377 e. The molecule has 0 spiro atoms. The molecule has 0 amide bonds. The fourth-order valence-electron chi connectivity index (χ4n) is 4.29. The Labute approximate surface area is 189 Å². The summed E-state index contributed by atoms with van der Waals surface area (Å²) in [6.45, 7) is 10.6. The van der Waals surface area contributed by atoms with Gasteiger partial charge in [-0.2, -0.15) is 0 Å². The van der Waals surface area contributed by atoms with Crippen LogP contribution in [0.3, 0.4) is 0 Å². The molecule has 1 saturated heterocycles. The van der Waals surface area contributed by atoms with Crippen LogP contribution >= 0.6 is 0 Å². The monoisotopic (exact) mass is 444 g/mol. The van der Waals surface area contributed by atoms with Gasteiger partial charge in [0.2, 0.25) is 0 Å². The van der Waals surface area contributed by atoms with E-state index in [0.717, 1.165) is 25.7 Å². The molecule has 2 fully saturated rings. The van der Waals surface area contributed by atoms with Crippen LogP contribution in [-0.2, 0) is 9.47 Å². The van der Waals surface area contributed by atoms with Crippen molar-refractivity contribution in [2.24, 2.45) is 11.1 Å². The van der Waals surface area contributed by atoms with E-state index >= 15 is 0 Å². The van der Waals surface area contributed by atoms with Crippen LogP contribution in [0.4, 0.5) is 0 Å². The Balaban J connectivity index is 1.60. The standard InChI is InChI=1S/C23H48N4O4/c1-22(2,12-14-30-23(3,4)11-13-25-18(28)15-24)20-21(31-20)26-16-19(29)27-17-9-7-5-6-8-10-17/h17-21,25-29H,5-16,24H2,1-4H3. The second-order valence-electron chi connectivity index (χ2n) is 10.6. The second kappa shape index (κ2) is 12.8. The van der Waals surface area contributed by atoms with Gasteiger partial charge in [-0.15, -0.1) is 0 Å². The Bertz CT molecular complexity index is 498. The van der Waals surface area contributed by atoms with Crippen LogP contribution in [0.1, 0.15) is 79.1 Å². The molecular formula is C23H48N4O4. The van der Waals surface area contributed by atoms with Gasteiger partial charge in [0.25, 0.3) is 0 Å². The SMILES string of the molecule is CC(C)(CCNC(O)CN)OCCC(C)(C)C1OC1NCC(O)NC1CCCCCC1. The van der Waals surface area contributed by atoms with E-state index < -0.39 is 12.5 Å². The lowest BCUT2D eigenvalue weighted by Crippen LogP contribution is -2.45. The third kappa shape index (κ3) is 10.4. The summed E-state index contributed by atoms with van der Waals surface area (Å²) in [6.07, 6.45) is 8.07. The van der Waals surface area contributed by atoms with E-state index in [0.29, 0.717) is 25.7 Å². The predicted octanol–water partition coefficient (Wildman–Crippen LogP) is 1.40. The van der Waals surface area contributed by atoms with Crippen molar-refractivity contribution in [1.29, 1.82) is 0 Å². The molecule has 8 heteroatoms. The van der Waals surface area contributed by atoms with E-state index in [9.17, 15) is 10.2 Å². The van der Waals surface area contributed by atoms with Gasteiger partial charge in [0.1, 0.15) is 24.8 Å². The lowest BCUT2D eigenvalue weighted by atomic mass is 9.85. The van der Waals surface area contributed by atoms with Crippen molar-refractivity contribution >= 4 is 0 Å². The van der Waals surface area contributed by atoms with Gasteiger partial charge in [-0.1, -0.05) is 39.5 Å². The lowest BCUT2D eigenvalue weighted by Gasteiger charge is -2.29. The Kier molecular flexibility index (Phi) is 11.1. The van der Waals surface area contributed by atoms with Gasteiger partial charge >= 0.3 is 0 Å². The molecule has 8 nitrogen and oxygen atoms in total. The quantitative estimate of drug-likeness (QED) is 0.127. The van der Waals surface area contributed by atoms with Crippen molar-refractivity contribution in [3.63, 3.8) is 0 Å². The van der Waals surface area contributed by atoms with Gasteiger partial charge in [-0.25, -0.2) is 0 Å². The van der Waals surface area contributed by atoms with Crippen LogP contribution in [0.5, 0.6) is 0 Å². The van der Waals surface area contributed by atoms with Gasteiger partial charge in [-0.05, 0) is 44.9 Å². The number of hydrogen-bond acceptors (Lipinski definition) is 8. The van der Waals surface area contributed by atoms with Gasteiger partial charge < -0.3 is 25.4 Å². The minimum Gasteiger partial charge on any atom is -0.377 e. The number of rotatable bonds is 15. The van der Waals surface area contributed by atoms with Crippen molar-refractivity contribution in [1.82, 2.24) is 16.0 Å². The van der Waals surface area contributed by atoms with Gasteiger partial charge in [-0.3, -0.25) is 16.0 Å². The zero-order chi connectivity index (χ0) is 22.9. The molecule has 0 bridgehead atoms. The molecule has 1 aliphatic heterocycles. The highest BCUT2D eigenvalue weighted by Crippen LogP contribution is 2.40. The van der Waals surface area contributed by atoms with Crippen LogP contribution < -0.4 is 21.7 Å². The molecule has 4 unspecified atom stereocenters. The van der Waals surface area contributed by atoms with E-state index in [1.165, 1.54) is 25.7 Å². The Morgan fingerprint density at radius 1 is 1.03 bits per heavy atom. The first-order valence-electron chi connectivity index (χ1n) is 12.2. The highest BCUT2D eigenvalue weighted by molar-refractivity contribution is 4.95. The van der Waals surface area contributed by atoms with Crippen molar-refractivity contribution in [3.05, 3.63) is 0 Å². The van der Waals surface area contributed by atoms with Crippen molar-refractivity contribution in [2.45, 2.75) is 115 Å². The normalized spacial score (nSPS) is 25.3. The Morgan fingerprint density at radius 2 is 1.71 bits per heavy atom. The van der Waals surface area contributed by atoms with Gasteiger partial charge in [0, 0.05) is 32.3 Å². The molecule has 7 N–H and O–H groups in total. The van der Waals surface area contributed by atoms with E-state index in [1.807, 2.05) is 0 Å². The fourth-order valence-corrected chi connectivity index (χ4v) is 4.29. The van der Waals surface area contributed by atoms with Crippen molar-refractivity contribution in [2.75, 3.05) is 26.2 Å². The Morgan fingerprint density at radius 3 is 2.35 bits per heavy atom. The zero-order valence-corrected chi connectivity index (χ0v) is 20.2. The molecule has 0 aromatic carbocycles. The number of nitrogens with two attached hydrogens (primary N) is 1. The smallest absolute Gasteiger partial charge is 0.135 e. The lowest BCUT2D eigenvalue weighted by molar-refractivity contribution is -0.0375. The number of aliphatic hydroxyl groups is 2. The zero-order valence-electron chi connectivity index (χ0n) is 20.2. The van der Waals surface area contributed by atoms with Crippen molar-refractivity contribution in [3.8, 4) is 0 Å². The fraction of sp³-hybridized carbons (Fsp3) is 1.00. The molecule has 2 rings (SSSR count). The minimum atomic E-state index is -0.660. The number of ether oxygens (including phenoxy) is 2.